The van der Waals surface area contributed by atoms with Gasteiger partial charge < -0.3 is 0 Å². The van der Waals surface area contributed by atoms with Gasteiger partial charge in [0, 0.05) is 0 Å². The van der Waals surface area contributed by atoms with Crippen molar-refractivity contribution in [3.63, 3.8) is 0 Å². The molecule has 0 bridgehead atoms. The molecule has 0 radical (unpaired) electrons. The monoisotopic (exact) mass is 258 g/mol. The second-order valence-electron chi connectivity index (χ2n) is 2.80. The zero-order chi connectivity index (χ0) is 9.64. The molecule has 0 saturated heterocycles. The Hall–Kier alpha value is 0.360. The molecule has 0 N–H and O–H groups in total. The molecule has 0 aromatic rings. The normalized spacial score (nSPS) is 20.3. The van der Waals surface area contributed by atoms with Gasteiger partial charge in [0.1, 0.15) is 0 Å². The third kappa shape index (κ3) is 3.50. The second kappa shape index (κ2) is 6.05. The molecule has 2 aliphatic rings. The Balaban J connectivity index is 1.55. The molecule has 0 nitrogen and oxygen atoms in total. The van der Waals surface area contributed by atoms with Crippen LogP contribution >= 0.6 is 41.2 Å². The molecule has 0 heterocycles. The van der Waals surface area contributed by atoms with Gasteiger partial charge in [-0.1, -0.05) is 70.2 Å². The Kier molecular flexibility index (Phi) is 4.70. The van der Waals surface area contributed by atoms with Crippen molar-refractivity contribution in [3.05, 3.63) is 48.6 Å². The molecule has 0 aliphatic heterocycles. The van der Waals surface area contributed by atoms with Crippen LogP contribution in [0.1, 0.15) is 0 Å². The van der Waals surface area contributed by atoms with Crippen molar-refractivity contribution < 1.29 is 0 Å². The minimum absolute atomic E-state index is 0.572. The van der Waals surface area contributed by atoms with E-state index in [-0.39, 0.29) is 0 Å². The summed E-state index contributed by atoms with van der Waals surface area (Å²) >= 11 is 0. The molecular weight excluding hydrogens is 248 g/mol. The standard InChI is InChI=1S/C10H10S4/c1-2-6-9(5-1)11-13-14-12-10-7-3-4-8-10/h1-10H. The highest BCUT2D eigenvalue weighted by atomic mass is 33.7. The van der Waals surface area contributed by atoms with Crippen molar-refractivity contribution in [3.8, 4) is 0 Å². The average Bonchev–Trinajstić information content (AvgIpc) is 2.86. The summed E-state index contributed by atoms with van der Waals surface area (Å²) in [6, 6.07) is 0. The highest BCUT2D eigenvalue weighted by Gasteiger charge is 2.07. The summed E-state index contributed by atoms with van der Waals surface area (Å²) in [7, 11) is 7.54. The Morgan fingerprint density at radius 3 is 1.29 bits per heavy atom. The zero-order valence-electron chi connectivity index (χ0n) is 7.41. The number of rotatable bonds is 5. The summed E-state index contributed by atoms with van der Waals surface area (Å²) < 4.78 is 0. The van der Waals surface area contributed by atoms with E-state index in [0.717, 1.165) is 0 Å². The highest BCUT2D eigenvalue weighted by molar-refractivity contribution is 9.26. The van der Waals surface area contributed by atoms with Gasteiger partial charge in [0.05, 0.1) is 10.5 Å². The van der Waals surface area contributed by atoms with Crippen molar-refractivity contribution in [2.24, 2.45) is 0 Å². The summed E-state index contributed by atoms with van der Waals surface area (Å²) in [6.45, 7) is 0. The fourth-order valence-corrected chi connectivity index (χ4v) is 7.39. The summed E-state index contributed by atoms with van der Waals surface area (Å²) in [4.78, 5) is 0. The molecule has 2 rings (SSSR count). The molecule has 0 unspecified atom stereocenters. The van der Waals surface area contributed by atoms with E-state index in [1.165, 1.54) is 0 Å². The first-order valence-electron chi connectivity index (χ1n) is 4.30. The lowest BCUT2D eigenvalue weighted by Gasteiger charge is -2.04. The molecule has 0 aromatic carbocycles. The Bertz CT molecular complexity index is 236. The Labute approximate surface area is 99.9 Å². The molecule has 0 aromatic heterocycles. The first-order valence-corrected chi connectivity index (χ1v) is 9.25. The zero-order valence-corrected chi connectivity index (χ0v) is 10.7. The van der Waals surface area contributed by atoms with Crippen molar-refractivity contribution in [1.82, 2.24) is 0 Å². The van der Waals surface area contributed by atoms with Crippen LogP contribution in [0.4, 0.5) is 0 Å². The second-order valence-corrected chi connectivity index (χ2v) is 8.96. The van der Waals surface area contributed by atoms with E-state index < -0.39 is 0 Å². The topological polar surface area (TPSA) is 0 Å². The van der Waals surface area contributed by atoms with Crippen molar-refractivity contribution >= 4 is 41.2 Å². The van der Waals surface area contributed by atoms with Crippen molar-refractivity contribution in [2.45, 2.75) is 10.5 Å². The molecule has 74 valence electrons. The molecule has 14 heavy (non-hydrogen) atoms. The lowest BCUT2D eigenvalue weighted by atomic mass is 10.5. The number of hydrogen-bond donors (Lipinski definition) is 0. The minimum atomic E-state index is 0.572. The van der Waals surface area contributed by atoms with Gasteiger partial charge in [-0.3, -0.25) is 0 Å². The van der Waals surface area contributed by atoms with E-state index in [1.54, 1.807) is 0 Å². The van der Waals surface area contributed by atoms with Crippen LogP contribution in [0.25, 0.3) is 0 Å². The predicted octanol–water partition coefficient (Wildman–Crippen LogP) is 4.65. The quantitative estimate of drug-likeness (QED) is 0.519. The van der Waals surface area contributed by atoms with E-state index in [2.05, 4.69) is 48.6 Å². The first kappa shape index (κ1) is 10.9. The maximum absolute atomic E-state index is 2.22. The molecule has 0 atom stereocenters. The first-order chi connectivity index (χ1) is 6.95. The van der Waals surface area contributed by atoms with Crippen LogP contribution < -0.4 is 0 Å². The van der Waals surface area contributed by atoms with Crippen LogP contribution in [0.2, 0.25) is 0 Å². The Morgan fingerprint density at radius 1 is 0.571 bits per heavy atom. The fourth-order valence-electron chi connectivity index (χ4n) is 1.07. The van der Waals surface area contributed by atoms with Crippen molar-refractivity contribution in [2.75, 3.05) is 0 Å². The van der Waals surface area contributed by atoms with Gasteiger partial charge >= 0.3 is 0 Å². The lowest BCUT2D eigenvalue weighted by Crippen LogP contribution is -1.84. The third-order valence-corrected chi connectivity index (χ3v) is 8.43. The largest absolute Gasteiger partial charge is 0.0699 e. The minimum Gasteiger partial charge on any atom is -0.0699 e. The van der Waals surface area contributed by atoms with Gasteiger partial charge in [0.2, 0.25) is 0 Å². The van der Waals surface area contributed by atoms with Crippen LogP contribution in [0.3, 0.4) is 0 Å². The van der Waals surface area contributed by atoms with Gasteiger partial charge in [-0.25, -0.2) is 0 Å². The van der Waals surface area contributed by atoms with Crippen LogP contribution in [-0.2, 0) is 0 Å². The lowest BCUT2D eigenvalue weighted by molar-refractivity contribution is 1.49. The summed E-state index contributed by atoms with van der Waals surface area (Å²) in [5.74, 6) is 0. The van der Waals surface area contributed by atoms with Gasteiger partial charge in [-0.2, -0.15) is 0 Å². The van der Waals surface area contributed by atoms with Crippen LogP contribution in [0.5, 0.6) is 0 Å². The van der Waals surface area contributed by atoms with E-state index in [9.17, 15) is 0 Å². The fraction of sp³-hybridized carbons (Fsp3) is 0.200. The maximum atomic E-state index is 2.22. The van der Waals surface area contributed by atoms with Gasteiger partial charge in [-0.05, 0) is 19.7 Å². The molecular formula is C10H10S4. The number of hydrogen-bond acceptors (Lipinski definition) is 4. The van der Waals surface area contributed by atoms with Gasteiger partial charge in [0.15, 0.2) is 0 Å². The van der Waals surface area contributed by atoms with E-state index in [0.29, 0.717) is 10.5 Å². The van der Waals surface area contributed by atoms with E-state index >= 15 is 0 Å². The SMILES string of the molecule is C1=CC(SSSSC2C=CC=C2)C=C1. The summed E-state index contributed by atoms with van der Waals surface area (Å²) in [5, 5.41) is 1.14. The summed E-state index contributed by atoms with van der Waals surface area (Å²) in [5.41, 5.74) is 0. The molecule has 4 heteroatoms. The number of allylic oxidation sites excluding steroid dienone is 4. The smallest absolute Gasteiger partial charge is 0.0526 e. The van der Waals surface area contributed by atoms with Crippen LogP contribution in [0.15, 0.2) is 48.6 Å². The Morgan fingerprint density at radius 2 is 0.929 bits per heavy atom. The molecule has 2 aliphatic carbocycles. The van der Waals surface area contributed by atoms with E-state index in [4.69, 9.17) is 0 Å². The molecule has 0 saturated carbocycles. The molecule has 0 spiro atoms. The van der Waals surface area contributed by atoms with Crippen LogP contribution in [-0.4, -0.2) is 10.5 Å². The third-order valence-electron chi connectivity index (χ3n) is 1.75. The highest BCUT2D eigenvalue weighted by Crippen LogP contribution is 2.48. The molecule has 0 fully saturated rings. The van der Waals surface area contributed by atoms with Crippen LogP contribution in [0, 0.1) is 0 Å². The van der Waals surface area contributed by atoms with Crippen molar-refractivity contribution in [1.29, 1.82) is 0 Å². The maximum Gasteiger partial charge on any atom is 0.0526 e. The average molecular weight is 258 g/mol. The van der Waals surface area contributed by atoms with Gasteiger partial charge in [0.25, 0.3) is 0 Å². The van der Waals surface area contributed by atoms with Gasteiger partial charge in [-0.15, -0.1) is 0 Å². The molecule has 0 amide bonds. The summed E-state index contributed by atoms with van der Waals surface area (Å²) in [6.07, 6.45) is 17.3. The predicted molar refractivity (Wildman–Crippen MR) is 74.5 cm³/mol. The van der Waals surface area contributed by atoms with E-state index in [1.807, 2.05) is 41.2 Å².